The summed E-state index contributed by atoms with van der Waals surface area (Å²) in [5.74, 6) is 2.01. The van der Waals surface area contributed by atoms with Crippen LogP contribution in [0, 0.1) is 6.92 Å². The minimum absolute atomic E-state index is 0.0956. The first-order chi connectivity index (χ1) is 11.9. The second kappa shape index (κ2) is 8.37. The number of anilines is 1. The second-order valence-electron chi connectivity index (χ2n) is 6.35. The Bertz CT molecular complexity index is 748. The number of benzene rings is 1. The summed E-state index contributed by atoms with van der Waals surface area (Å²) < 4.78 is 11.2. The van der Waals surface area contributed by atoms with Crippen LogP contribution in [0.5, 0.6) is 5.75 Å². The van der Waals surface area contributed by atoms with Crippen molar-refractivity contribution in [1.82, 2.24) is 5.43 Å². The molecule has 1 heterocycles. The molecule has 0 spiro atoms. The highest BCUT2D eigenvalue weighted by molar-refractivity contribution is 5.81. The molecule has 0 aliphatic heterocycles. The van der Waals surface area contributed by atoms with Crippen molar-refractivity contribution in [2.45, 2.75) is 26.7 Å². The number of aryl methyl sites for hydroxylation is 1. The maximum absolute atomic E-state index is 11.9. The average Bonchev–Trinajstić information content (AvgIpc) is 3.02. The molecule has 0 unspecified atom stereocenters. The SMILES string of the molecule is Cc1ccc(C(C)C)c(OCC(=O)N/N=C/c2ccc(N(C)C)o2)c1. The van der Waals surface area contributed by atoms with Crippen LogP contribution in [0.1, 0.15) is 36.7 Å². The van der Waals surface area contributed by atoms with Gasteiger partial charge in [0.2, 0.25) is 0 Å². The van der Waals surface area contributed by atoms with E-state index in [1.54, 1.807) is 6.07 Å². The topological polar surface area (TPSA) is 67.1 Å². The normalized spacial score (nSPS) is 11.1. The molecule has 1 aromatic carbocycles. The number of hydrogen-bond donors (Lipinski definition) is 1. The highest BCUT2D eigenvalue weighted by Gasteiger charge is 2.10. The van der Waals surface area contributed by atoms with E-state index in [0.29, 0.717) is 11.7 Å². The van der Waals surface area contributed by atoms with E-state index < -0.39 is 0 Å². The predicted octanol–water partition coefficient (Wildman–Crippen LogP) is 3.31. The fourth-order valence-corrected chi connectivity index (χ4v) is 2.24. The highest BCUT2D eigenvalue weighted by Crippen LogP contribution is 2.27. The van der Waals surface area contributed by atoms with Crippen molar-refractivity contribution in [3.63, 3.8) is 0 Å². The number of nitrogens with one attached hydrogen (secondary N) is 1. The maximum atomic E-state index is 11.9. The molecule has 0 saturated carbocycles. The van der Waals surface area contributed by atoms with E-state index in [9.17, 15) is 4.79 Å². The van der Waals surface area contributed by atoms with E-state index in [-0.39, 0.29) is 12.5 Å². The van der Waals surface area contributed by atoms with Crippen LogP contribution < -0.4 is 15.1 Å². The van der Waals surface area contributed by atoms with Crippen molar-refractivity contribution in [2.24, 2.45) is 5.10 Å². The van der Waals surface area contributed by atoms with Gasteiger partial charge in [0.15, 0.2) is 12.5 Å². The Labute approximate surface area is 148 Å². The van der Waals surface area contributed by atoms with Gasteiger partial charge in [0.1, 0.15) is 11.5 Å². The van der Waals surface area contributed by atoms with Crippen molar-refractivity contribution < 1.29 is 13.9 Å². The lowest BCUT2D eigenvalue weighted by Crippen LogP contribution is -2.24. The van der Waals surface area contributed by atoms with Crippen LogP contribution in [0.4, 0.5) is 5.88 Å². The smallest absolute Gasteiger partial charge is 0.277 e. The minimum Gasteiger partial charge on any atom is -0.483 e. The van der Waals surface area contributed by atoms with Gasteiger partial charge in [-0.25, -0.2) is 5.43 Å². The molecule has 1 N–H and O–H groups in total. The highest BCUT2D eigenvalue weighted by atomic mass is 16.5. The number of furan rings is 1. The summed E-state index contributed by atoms with van der Waals surface area (Å²) in [6, 6.07) is 9.63. The Balaban J connectivity index is 1.88. The van der Waals surface area contributed by atoms with Crippen LogP contribution in [-0.2, 0) is 4.79 Å². The molecule has 0 atom stereocenters. The Morgan fingerprint density at radius 1 is 1.32 bits per heavy atom. The van der Waals surface area contributed by atoms with Crippen LogP contribution in [0.2, 0.25) is 0 Å². The summed E-state index contributed by atoms with van der Waals surface area (Å²) in [5, 5.41) is 3.88. The van der Waals surface area contributed by atoms with Crippen LogP contribution in [0.3, 0.4) is 0 Å². The first-order valence-electron chi connectivity index (χ1n) is 8.19. The number of ether oxygens (including phenoxy) is 1. The van der Waals surface area contributed by atoms with Crippen molar-refractivity contribution in [3.05, 3.63) is 47.2 Å². The monoisotopic (exact) mass is 343 g/mol. The molecule has 0 bridgehead atoms. The Morgan fingerprint density at radius 3 is 2.72 bits per heavy atom. The fourth-order valence-electron chi connectivity index (χ4n) is 2.24. The van der Waals surface area contributed by atoms with Gasteiger partial charge in [0.05, 0.1) is 6.21 Å². The molecule has 0 saturated heterocycles. The van der Waals surface area contributed by atoms with Crippen LogP contribution >= 0.6 is 0 Å². The van der Waals surface area contributed by atoms with E-state index >= 15 is 0 Å². The number of hydrogen-bond acceptors (Lipinski definition) is 5. The van der Waals surface area contributed by atoms with Gasteiger partial charge in [0, 0.05) is 20.2 Å². The van der Waals surface area contributed by atoms with E-state index in [4.69, 9.17) is 9.15 Å². The van der Waals surface area contributed by atoms with Gasteiger partial charge in [-0.05, 0) is 36.1 Å². The number of carbonyl (C=O) groups excluding carboxylic acids is 1. The number of rotatable bonds is 7. The van der Waals surface area contributed by atoms with E-state index in [1.165, 1.54) is 6.21 Å². The zero-order valence-electron chi connectivity index (χ0n) is 15.4. The van der Waals surface area contributed by atoms with Gasteiger partial charge >= 0.3 is 0 Å². The molecule has 6 heteroatoms. The van der Waals surface area contributed by atoms with Crippen LogP contribution in [0.15, 0.2) is 39.9 Å². The van der Waals surface area contributed by atoms with Crippen molar-refractivity contribution in [3.8, 4) is 5.75 Å². The summed E-state index contributed by atoms with van der Waals surface area (Å²) in [4.78, 5) is 13.7. The third-order valence-electron chi connectivity index (χ3n) is 3.58. The molecular weight excluding hydrogens is 318 g/mol. The molecule has 134 valence electrons. The Morgan fingerprint density at radius 2 is 2.08 bits per heavy atom. The quantitative estimate of drug-likeness (QED) is 0.619. The van der Waals surface area contributed by atoms with Gasteiger partial charge in [-0.15, -0.1) is 0 Å². The molecular formula is C19H25N3O3. The lowest BCUT2D eigenvalue weighted by Gasteiger charge is -2.14. The van der Waals surface area contributed by atoms with Gasteiger partial charge in [0.25, 0.3) is 5.91 Å². The molecule has 25 heavy (non-hydrogen) atoms. The third kappa shape index (κ3) is 5.38. The number of nitrogens with zero attached hydrogens (tertiary/aromatic N) is 2. The zero-order valence-corrected chi connectivity index (χ0v) is 15.4. The van der Waals surface area contributed by atoms with E-state index in [0.717, 1.165) is 22.8 Å². The minimum atomic E-state index is -0.327. The van der Waals surface area contributed by atoms with Crippen molar-refractivity contribution in [2.75, 3.05) is 25.6 Å². The van der Waals surface area contributed by atoms with Gasteiger partial charge in [-0.2, -0.15) is 5.10 Å². The summed E-state index contributed by atoms with van der Waals surface area (Å²) >= 11 is 0. The standard InChI is InChI=1S/C19H25N3O3/c1-13(2)16-8-6-14(3)10-17(16)24-12-18(23)21-20-11-15-7-9-19(25-15)22(4)5/h6-11,13H,12H2,1-5H3,(H,21,23)/b20-11+. The number of carbonyl (C=O) groups is 1. The predicted molar refractivity (Wildman–Crippen MR) is 99.5 cm³/mol. The molecule has 2 aromatic rings. The average molecular weight is 343 g/mol. The molecule has 1 aromatic heterocycles. The van der Waals surface area contributed by atoms with Crippen LogP contribution in [-0.4, -0.2) is 32.8 Å². The Kier molecular flexibility index (Phi) is 6.22. The number of amides is 1. The molecule has 0 aliphatic rings. The molecule has 6 nitrogen and oxygen atoms in total. The summed E-state index contributed by atoms with van der Waals surface area (Å²) in [7, 11) is 3.77. The summed E-state index contributed by atoms with van der Waals surface area (Å²) in [6.07, 6.45) is 1.46. The fraction of sp³-hybridized carbons (Fsp3) is 0.368. The lowest BCUT2D eigenvalue weighted by molar-refractivity contribution is -0.123. The molecule has 2 rings (SSSR count). The summed E-state index contributed by atoms with van der Waals surface area (Å²) in [6.45, 7) is 6.08. The van der Waals surface area contributed by atoms with Crippen molar-refractivity contribution >= 4 is 18.0 Å². The molecule has 0 aliphatic carbocycles. The molecule has 1 amide bonds. The second-order valence-corrected chi connectivity index (χ2v) is 6.35. The maximum Gasteiger partial charge on any atom is 0.277 e. The van der Waals surface area contributed by atoms with E-state index in [2.05, 4.69) is 24.4 Å². The lowest BCUT2D eigenvalue weighted by atomic mass is 10.0. The third-order valence-corrected chi connectivity index (χ3v) is 3.58. The van der Waals surface area contributed by atoms with E-state index in [1.807, 2.05) is 50.2 Å². The first-order valence-corrected chi connectivity index (χ1v) is 8.19. The first kappa shape index (κ1) is 18.6. The Hall–Kier alpha value is -2.76. The van der Waals surface area contributed by atoms with Crippen LogP contribution in [0.25, 0.3) is 0 Å². The number of hydrazone groups is 1. The zero-order chi connectivity index (χ0) is 18.4. The van der Waals surface area contributed by atoms with Gasteiger partial charge in [-0.1, -0.05) is 26.0 Å². The molecule has 0 radical (unpaired) electrons. The largest absolute Gasteiger partial charge is 0.483 e. The molecule has 0 fully saturated rings. The summed E-state index contributed by atoms with van der Waals surface area (Å²) in [5.41, 5.74) is 4.60. The van der Waals surface area contributed by atoms with Gasteiger partial charge in [-0.3, -0.25) is 4.79 Å². The van der Waals surface area contributed by atoms with Crippen molar-refractivity contribution in [1.29, 1.82) is 0 Å². The van der Waals surface area contributed by atoms with Gasteiger partial charge < -0.3 is 14.1 Å².